The van der Waals surface area contributed by atoms with Crippen LogP contribution in [0, 0.1) is 0 Å². The molecule has 0 atom stereocenters. The molecule has 0 aliphatic carbocycles. The van der Waals surface area contributed by atoms with Gasteiger partial charge in [0.05, 0.1) is 10.2 Å². The van der Waals surface area contributed by atoms with Crippen LogP contribution in [0.2, 0.25) is 0 Å². The van der Waals surface area contributed by atoms with Crippen LogP contribution < -0.4 is 16.2 Å². The number of H-pyrrole nitrogens is 1. The molecule has 0 aliphatic rings. The Morgan fingerprint density at radius 3 is 2.78 bits per heavy atom. The molecule has 116 valence electrons. The first-order valence-electron chi connectivity index (χ1n) is 6.70. The fourth-order valence-electron chi connectivity index (χ4n) is 2.02. The van der Waals surface area contributed by atoms with Crippen molar-refractivity contribution in [3.8, 4) is 0 Å². The maximum atomic E-state index is 12.1. The lowest BCUT2D eigenvalue weighted by Crippen LogP contribution is -2.22. The Labute approximate surface area is 134 Å². The van der Waals surface area contributed by atoms with Gasteiger partial charge in [0, 0.05) is 18.8 Å². The Morgan fingerprint density at radius 2 is 2.04 bits per heavy atom. The van der Waals surface area contributed by atoms with E-state index in [9.17, 15) is 14.4 Å². The van der Waals surface area contributed by atoms with Crippen LogP contribution in [0.1, 0.15) is 17.3 Å². The van der Waals surface area contributed by atoms with Crippen LogP contribution in [0.5, 0.6) is 0 Å². The van der Waals surface area contributed by atoms with Crippen LogP contribution >= 0.6 is 11.3 Å². The summed E-state index contributed by atoms with van der Waals surface area (Å²) in [5.74, 6) is -0.682. The number of nitrogens with one attached hydrogen (secondary N) is 3. The predicted octanol–water partition coefficient (Wildman–Crippen LogP) is 2.20. The van der Waals surface area contributed by atoms with Crippen molar-refractivity contribution in [2.75, 3.05) is 10.6 Å². The summed E-state index contributed by atoms with van der Waals surface area (Å²) < 4.78 is 0.813. The standard InChI is InChI=1S/C15H12N4O3S/c1-8(20)17-9-4-5-11-12(7-9)23-15(18-11)19-14(22)10-3-2-6-16-13(10)21/h2-7H,1H3,(H,16,21)(H,17,20)(H,18,19,22). The van der Waals surface area contributed by atoms with Crippen LogP contribution in [-0.2, 0) is 4.79 Å². The highest BCUT2D eigenvalue weighted by Crippen LogP contribution is 2.28. The molecule has 23 heavy (non-hydrogen) atoms. The van der Waals surface area contributed by atoms with E-state index in [-0.39, 0.29) is 11.5 Å². The third kappa shape index (κ3) is 3.27. The Balaban J connectivity index is 1.86. The number of hydrogen-bond donors (Lipinski definition) is 3. The monoisotopic (exact) mass is 328 g/mol. The van der Waals surface area contributed by atoms with E-state index >= 15 is 0 Å². The van der Waals surface area contributed by atoms with Gasteiger partial charge in [-0.15, -0.1) is 0 Å². The molecule has 3 rings (SSSR count). The Hall–Kier alpha value is -3.00. The van der Waals surface area contributed by atoms with Crippen molar-refractivity contribution in [2.45, 2.75) is 6.92 Å². The first-order chi connectivity index (χ1) is 11.0. The lowest BCUT2D eigenvalue weighted by Gasteiger charge is -1.99. The zero-order valence-corrected chi connectivity index (χ0v) is 12.9. The number of aromatic nitrogens is 2. The third-order valence-corrected chi connectivity index (χ3v) is 3.93. The molecular weight excluding hydrogens is 316 g/mol. The molecule has 2 aromatic heterocycles. The molecule has 2 heterocycles. The smallest absolute Gasteiger partial charge is 0.263 e. The largest absolute Gasteiger partial charge is 0.328 e. The van der Waals surface area contributed by atoms with E-state index in [0.717, 1.165) is 4.70 Å². The molecule has 2 amide bonds. The van der Waals surface area contributed by atoms with Crippen LogP contribution in [-0.4, -0.2) is 21.8 Å². The number of fused-ring (bicyclic) bond motifs is 1. The normalized spacial score (nSPS) is 10.5. The van der Waals surface area contributed by atoms with Gasteiger partial charge in [-0.05, 0) is 30.3 Å². The second-order valence-electron chi connectivity index (χ2n) is 4.75. The lowest BCUT2D eigenvalue weighted by molar-refractivity contribution is -0.114. The number of carbonyl (C=O) groups is 2. The zero-order chi connectivity index (χ0) is 16.4. The highest BCUT2D eigenvalue weighted by Gasteiger charge is 2.13. The summed E-state index contributed by atoms with van der Waals surface area (Å²) in [6.07, 6.45) is 1.46. The molecule has 7 nitrogen and oxygen atoms in total. The molecule has 0 bridgehead atoms. The summed E-state index contributed by atoms with van der Waals surface area (Å²) in [5.41, 5.74) is 0.914. The maximum Gasteiger partial charge on any atom is 0.263 e. The van der Waals surface area contributed by atoms with Gasteiger partial charge in [0.15, 0.2) is 5.13 Å². The van der Waals surface area contributed by atoms with E-state index in [0.29, 0.717) is 16.3 Å². The van der Waals surface area contributed by atoms with Gasteiger partial charge in [0.1, 0.15) is 5.56 Å². The van der Waals surface area contributed by atoms with E-state index in [1.165, 1.54) is 30.5 Å². The lowest BCUT2D eigenvalue weighted by atomic mass is 10.2. The Morgan fingerprint density at radius 1 is 1.22 bits per heavy atom. The van der Waals surface area contributed by atoms with Crippen molar-refractivity contribution in [3.05, 3.63) is 52.4 Å². The summed E-state index contributed by atoms with van der Waals surface area (Å²) >= 11 is 1.26. The average molecular weight is 328 g/mol. The molecule has 0 fully saturated rings. The second-order valence-corrected chi connectivity index (χ2v) is 5.78. The van der Waals surface area contributed by atoms with E-state index in [2.05, 4.69) is 20.6 Å². The van der Waals surface area contributed by atoms with Crippen molar-refractivity contribution in [1.82, 2.24) is 9.97 Å². The number of pyridine rings is 1. The van der Waals surface area contributed by atoms with Crippen LogP contribution in [0.4, 0.5) is 10.8 Å². The highest BCUT2D eigenvalue weighted by atomic mass is 32.1. The molecule has 8 heteroatoms. The van der Waals surface area contributed by atoms with Crippen molar-refractivity contribution < 1.29 is 9.59 Å². The van der Waals surface area contributed by atoms with Gasteiger partial charge in [-0.2, -0.15) is 0 Å². The first kappa shape index (κ1) is 14.9. The Bertz CT molecular complexity index is 961. The average Bonchev–Trinajstić information content (AvgIpc) is 2.88. The fraction of sp³-hybridized carbons (Fsp3) is 0.0667. The van der Waals surface area contributed by atoms with Crippen molar-refractivity contribution in [1.29, 1.82) is 0 Å². The SMILES string of the molecule is CC(=O)Nc1ccc2nc(NC(=O)c3ccc[nH]c3=O)sc2c1. The van der Waals surface area contributed by atoms with Gasteiger partial charge in [-0.25, -0.2) is 4.98 Å². The molecule has 0 unspecified atom stereocenters. The maximum absolute atomic E-state index is 12.1. The van der Waals surface area contributed by atoms with Gasteiger partial charge in [0.2, 0.25) is 5.91 Å². The van der Waals surface area contributed by atoms with Crippen LogP contribution in [0.25, 0.3) is 10.2 Å². The minimum absolute atomic E-state index is 0.0192. The molecule has 0 aliphatic heterocycles. The summed E-state index contributed by atoms with van der Waals surface area (Å²) in [5, 5.41) is 5.68. The molecule has 0 saturated heterocycles. The van der Waals surface area contributed by atoms with E-state index in [4.69, 9.17) is 0 Å². The summed E-state index contributed by atoms with van der Waals surface area (Å²) in [6, 6.07) is 8.28. The number of aromatic amines is 1. The van der Waals surface area contributed by atoms with E-state index in [1.54, 1.807) is 24.3 Å². The minimum atomic E-state index is -0.520. The summed E-state index contributed by atoms with van der Waals surface area (Å²) in [6.45, 7) is 1.43. The zero-order valence-electron chi connectivity index (χ0n) is 12.0. The quantitative estimate of drug-likeness (QED) is 0.685. The van der Waals surface area contributed by atoms with Gasteiger partial charge >= 0.3 is 0 Å². The topological polar surface area (TPSA) is 104 Å². The molecule has 0 spiro atoms. The number of anilines is 2. The molecule has 0 radical (unpaired) electrons. The van der Waals surface area contributed by atoms with Crippen molar-refractivity contribution >= 4 is 44.2 Å². The van der Waals surface area contributed by atoms with Gasteiger partial charge in [-0.1, -0.05) is 11.3 Å². The molecule has 3 N–H and O–H groups in total. The number of carbonyl (C=O) groups excluding carboxylic acids is 2. The molecular formula is C15H12N4O3S. The minimum Gasteiger partial charge on any atom is -0.328 e. The molecule has 3 aromatic rings. The highest BCUT2D eigenvalue weighted by molar-refractivity contribution is 7.22. The fourth-order valence-corrected chi connectivity index (χ4v) is 2.92. The number of amides is 2. The number of hydrogen-bond acceptors (Lipinski definition) is 5. The first-order valence-corrected chi connectivity index (χ1v) is 7.52. The van der Waals surface area contributed by atoms with Crippen LogP contribution in [0.15, 0.2) is 41.3 Å². The summed E-state index contributed by atoms with van der Waals surface area (Å²) in [7, 11) is 0. The number of rotatable bonds is 3. The number of thiazole rings is 1. The third-order valence-electron chi connectivity index (χ3n) is 2.99. The summed E-state index contributed by atoms with van der Waals surface area (Å²) in [4.78, 5) is 41.5. The number of benzene rings is 1. The van der Waals surface area contributed by atoms with E-state index in [1.807, 2.05) is 0 Å². The predicted molar refractivity (Wildman–Crippen MR) is 88.9 cm³/mol. The van der Waals surface area contributed by atoms with E-state index < -0.39 is 11.5 Å². The van der Waals surface area contributed by atoms with Crippen LogP contribution in [0.3, 0.4) is 0 Å². The van der Waals surface area contributed by atoms with Crippen molar-refractivity contribution in [2.24, 2.45) is 0 Å². The van der Waals surface area contributed by atoms with Crippen molar-refractivity contribution in [3.63, 3.8) is 0 Å². The van der Waals surface area contributed by atoms with Gasteiger partial charge in [-0.3, -0.25) is 19.7 Å². The number of nitrogens with zero attached hydrogens (tertiary/aromatic N) is 1. The molecule has 1 aromatic carbocycles. The second kappa shape index (κ2) is 6.01. The van der Waals surface area contributed by atoms with Gasteiger partial charge < -0.3 is 10.3 Å². The Kier molecular flexibility index (Phi) is 3.90. The van der Waals surface area contributed by atoms with Gasteiger partial charge in [0.25, 0.3) is 11.5 Å². The molecule has 0 saturated carbocycles.